The molecule has 0 aliphatic carbocycles. The van der Waals surface area contributed by atoms with Gasteiger partial charge in [0.15, 0.2) is 0 Å². The zero-order valence-corrected chi connectivity index (χ0v) is 20.1. The number of hydrogen-bond donors (Lipinski definition) is 2. The fourth-order valence-corrected chi connectivity index (χ4v) is 4.30. The molecule has 0 spiro atoms. The van der Waals surface area contributed by atoms with Crippen molar-refractivity contribution in [3.8, 4) is 11.1 Å². The molecule has 5 nitrogen and oxygen atoms in total. The van der Waals surface area contributed by atoms with Crippen molar-refractivity contribution in [3.05, 3.63) is 102 Å². The van der Waals surface area contributed by atoms with Crippen LogP contribution in [0.5, 0.6) is 0 Å². The predicted molar refractivity (Wildman–Crippen MR) is 141 cm³/mol. The minimum absolute atomic E-state index is 0.193. The van der Waals surface area contributed by atoms with Crippen molar-refractivity contribution in [2.24, 2.45) is 0 Å². The Morgan fingerprint density at radius 2 is 1.59 bits per heavy atom. The van der Waals surface area contributed by atoms with Gasteiger partial charge in [-0.1, -0.05) is 84.9 Å². The molecule has 3 aromatic carbocycles. The molecular weight excluding hydrogens is 444 g/mol. The Labute approximate surface area is 207 Å². The number of amides is 2. The number of rotatable bonds is 8. The summed E-state index contributed by atoms with van der Waals surface area (Å²) < 4.78 is 0. The summed E-state index contributed by atoms with van der Waals surface area (Å²) in [5.41, 5.74) is 5.00. The van der Waals surface area contributed by atoms with Gasteiger partial charge in [-0.2, -0.15) is 0 Å². The first-order valence-electron chi connectivity index (χ1n) is 11.6. The maximum absolute atomic E-state index is 13.3. The van der Waals surface area contributed by atoms with E-state index in [0.717, 1.165) is 49.4 Å². The number of para-hydroxylation sites is 1. The van der Waals surface area contributed by atoms with Gasteiger partial charge >= 0.3 is 6.03 Å². The first-order valence-corrected chi connectivity index (χ1v) is 12.0. The molecule has 0 saturated carbocycles. The molecule has 1 aliphatic heterocycles. The Bertz CT molecular complexity index is 1090. The quantitative estimate of drug-likeness (QED) is 0.423. The Morgan fingerprint density at radius 3 is 2.29 bits per heavy atom. The van der Waals surface area contributed by atoms with Crippen LogP contribution in [0.15, 0.2) is 91.0 Å². The number of urea groups is 1. The highest BCUT2D eigenvalue weighted by Gasteiger charge is 2.18. The highest BCUT2D eigenvalue weighted by Crippen LogP contribution is 2.23. The van der Waals surface area contributed by atoms with Crippen LogP contribution < -0.4 is 10.6 Å². The molecule has 4 rings (SSSR count). The molecule has 0 radical (unpaired) electrons. The van der Waals surface area contributed by atoms with E-state index in [1.54, 1.807) is 11.0 Å². The molecule has 0 bridgehead atoms. The summed E-state index contributed by atoms with van der Waals surface area (Å²) in [6, 6.07) is 25.7. The van der Waals surface area contributed by atoms with Gasteiger partial charge in [0.25, 0.3) is 0 Å². The van der Waals surface area contributed by atoms with Gasteiger partial charge in [0.1, 0.15) is 0 Å². The van der Waals surface area contributed by atoms with Gasteiger partial charge in [-0.25, -0.2) is 4.79 Å². The third-order valence-electron chi connectivity index (χ3n) is 5.91. The van der Waals surface area contributed by atoms with E-state index in [1.165, 1.54) is 5.56 Å². The standard InChI is InChI=1S/C28H31ClN4O/c1-22(19-32-17-15-30-16-18-32)20-33(28(34)31-27-10-6-5-9-26(27)29)21-23-11-13-25(14-12-23)24-7-3-2-4-8-24/h2-14,30H,1,15-21H2,(H,31,34). The highest BCUT2D eigenvalue weighted by molar-refractivity contribution is 6.33. The normalized spacial score (nSPS) is 13.9. The SMILES string of the molecule is C=C(CN1CCNCC1)CN(Cc1ccc(-c2ccccc2)cc1)C(=O)Nc1ccccc1Cl. The van der Waals surface area contributed by atoms with Gasteiger partial charge < -0.3 is 15.5 Å². The Balaban J connectivity index is 1.47. The molecule has 2 amide bonds. The largest absolute Gasteiger partial charge is 0.322 e. The Morgan fingerprint density at radius 1 is 0.941 bits per heavy atom. The molecule has 3 aromatic rings. The van der Waals surface area contributed by atoms with E-state index in [1.807, 2.05) is 36.4 Å². The lowest BCUT2D eigenvalue weighted by molar-refractivity contribution is 0.209. The van der Waals surface area contributed by atoms with Gasteiger partial charge in [-0.05, 0) is 34.4 Å². The van der Waals surface area contributed by atoms with Crippen LogP contribution in [0.4, 0.5) is 10.5 Å². The molecule has 1 fully saturated rings. The average Bonchev–Trinajstić information content (AvgIpc) is 2.86. The molecule has 34 heavy (non-hydrogen) atoms. The average molecular weight is 475 g/mol. The first kappa shape index (κ1) is 24.0. The van der Waals surface area contributed by atoms with E-state index < -0.39 is 0 Å². The van der Waals surface area contributed by atoms with E-state index in [-0.39, 0.29) is 6.03 Å². The molecule has 1 heterocycles. The first-order chi connectivity index (χ1) is 16.6. The number of carbonyl (C=O) groups excluding carboxylic acids is 1. The van der Waals surface area contributed by atoms with Crippen molar-refractivity contribution >= 4 is 23.3 Å². The monoisotopic (exact) mass is 474 g/mol. The summed E-state index contributed by atoms with van der Waals surface area (Å²) in [6.45, 7) is 9.97. The summed E-state index contributed by atoms with van der Waals surface area (Å²) in [6.07, 6.45) is 0. The van der Waals surface area contributed by atoms with Gasteiger partial charge in [0.05, 0.1) is 10.7 Å². The second-order valence-corrected chi connectivity index (χ2v) is 9.01. The van der Waals surface area contributed by atoms with Gasteiger partial charge in [-0.3, -0.25) is 4.90 Å². The number of halogens is 1. The lowest BCUT2D eigenvalue weighted by Gasteiger charge is -2.30. The summed E-state index contributed by atoms with van der Waals surface area (Å²) in [4.78, 5) is 17.4. The van der Waals surface area contributed by atoms with Crippen molar-refractivity contribution in [2.75, 3.05) is 44.6 Å². The summed E-state index contributed by atoms with van der Waals surface area (Å²) in [5, 5.41) is 6.85. The smallest absolute Gasteiger partial charge is 0.316 e. The number of hydrogen-bond acceptors (Lipinski definition) is 3. The van der Waals surface area contributed by atoms with Crippen LogP contribution in [0.1, 0.15) is 5.56 Å². The van der Waals surface area contributed by atoms with Crippen LogP contribution in [0.3, 0.4) is 0 Å². The Hall–Kier alpha value is -3.12. The van der Waals surface area contributed by atoms with E-state index in [4.69, 9.17) is 11.6 Å². The minimum atomic E-state index is -0.193. The van der Waals surface area contributed by atoms with Crippen LogP contribution in [-0.4, -0.2) is 55.1 Å². The van der Waals surface area contributed by atoms with Crippen molar-refractivity contribution in [1.82, 2.24) is 15.1 Å². The molecule has 0 aromatic heterocycles. The summed E-state index contributed by atoms with van der Waals surface area (Å²) in [5.74, 6) is 0. The highest BCUT2D eigenvalue weighted by atomic mass is 35.5. The number of nitrogens with zero attached hydrogens (tertiary/aromatic N) is 2. The molecule has 2 N–H and O–H groups in total. The van der Waals surface area contributed by atoms with Crippen LogP contribution in [0.25, 0.3) is 11.1 Å². The summed E-state index contributed by atoms with van der Waals surface area (Å²) >= 11 is 6.28. The molecule has 176 valence electrons. The van der Waals surface area contributed by atoms with Crippen molar-refractivity contribution < 1.29 is 4.79 Å². The van der Waals surface area contributed by atoms with Crippen molar-refractivity contribution in [2.45, 2.75) is 6.54 Å². The van der Waals surface area contributed by atoms with E-state index in [0.29, 0.717) is 23.8 Å². The van der Waals surface area contributed by atoms with Gasteiger partial charge in [0.2, 0.25) is 0 Å². The lowest BCUT2D eigenvalue weighted by atomic mass is 10.0. The van der Waals surface area contributed by atoms with Crippen LogP contribution in [0, 0.1) is 0 Å². The van der Waals surface area contributed by atoms with Gasteiger partial charge in [-0.15, -0.1) is 0 Å². The molecule has 1 aliphatic rings. The van der Waals surface area contributed by atoms with Crippen LogP contribution >= 0.6 is 11.6 Å². The van der Waals surface area contributed by atoms with Crippen molar-refractivity contribution in [3.63, 3.8) is 0 Å². The Kier molecular flexibility index (Phi) is 8.36. The summed E-state index contributed by atoms with van der Waals surface area (Å²) in [7, 11) is 0. The second-order valence-electron chi connectivity index (χ2n) is 8.61. The van der Waals surface area contributed by atoms with E-state index >= 15 is 0 Å². The topological polar surface area (TPSA) is 47.6 Å². The number of carbonyl (C=O) groups is 1. The molecule has 1 saturated heterocycles. The lowest BCUT2D eigenvalue weighted by Crippen LogP contribution is -2.45. The van der Waals surface area contributed by atoms with E-state index in [2.05, 4.69) is 58.5 Å². The fraction of sp³-hybridized carbons (Fsp3) is 0.250. The number of benzene rings is 3. The zero-order chi connectivity index (χ0) is 23.8. The third-order valence-corrected chi connectivity index (χ3v) is 6.24. The van der Waals surface area contributed by atoms with Crippen LogP contribution in [0.2, 0.25) is 5.02 Å². The maximum atomic E-state index is 13.3. The van der Waals surface area contributed by atoms with Crippen molar-refractivity contribution in [1.29, 1.82) is 0 Å². The fourth-order valence-electron chi connectivity index (χ4n) is 4.12. The maximum Gasteiger partial charge on any atom is 0.322 e. The molecule has 0 unspecified atom stereocenters. The van der Waals surface area contributed by atoms with E-state index in [9.17, 15) is 4.79 Å². The van der Waals surface area contributed by atoms with Gasteiger partial charge in [0, 0.05) is 45.8 Å². The second kappa shape index (κ2) is 11.8. The molecule has 0 atom stereocenters. The third kappa shape index (κ3) is 6.70. The number of anilines is 1. The number of piperazine rings is 1. The van der Waals surface area contributed by atoms with Crippen LogP contribution in [-0.2, 0) is 6.54 Å². The number of nitrogens with one attached hydrogen (secondary N) is 2. The molecular formula is C28H31ClN4O. The molecule has 6 heteroatoms. The minimum Gasteiger partial charge on any atom is -0.316 e. The predicted octanol–water partition coefficient (Wildman–Crippen LogP) is 5.50. The zero-order valence-electron chi connectivity index (χ0n) is 19.3.